The Morgan fingerprint density at radius 1 is 0.353 bits per heavy atom. The predicted molar refractivity (Wildman–Crippen MR) is 337 cm³/mol. The second kappa shape index (κ2) is 27.5. The van der Waals surface area contributed by atoms with Crippen LogP contribution in [0.5, 0.6) is 0 Å². The van der Waals surface area contributed by atoms with Gasteiger partial charge in [-0.25, -0.2) is 93.0 Å². The second-order valence-corrected chi connectivity index (χ2v) is 29.2. The number of aromatic nitrogens is 20. The van der Waals surface area contributed by atoms with Crippen molar-refractivity contribution in [3.05, 3.63) is 63.3 Å². The Labute approximate surface area is 569 Å². The van der Waals surface area contributed by atoms with Crippen molar-refractivity contribution in [3.8, 4) is 0 Å². The van der Waals surface area contributed by atoms with Crippen molar-refractivity contribution in [1.29, 1.82) is 0 Å². The number of anilines is 5. The molecule has 15 rings (SSSR count). The molecule has 5 aliphatic heterocycles. The van der Waals surface area contributed by atoms with Gasteiger partial charge in [0.15, 0.2) is 57.3 Å². The highest BCUT2D eigenvalue weighted by Crippen LogP contribution is 2.56. The molecule has 5 saturated heterocycles. The molecule has 544 valence electrons. The monoisotopic (exact) mass is 1500 g/mol. The van der Waals surface area contributed by atoms with Crippen molar-refractivity contribution in [2.45, 2.75) is 124 Å². The van der Waals surface area contributed by atoms with Crippen molar-refractivity contribution >= 4 is 116 Å². The molecule has 0 bridgehead atoms. The largest absolute Gasteiger partial charge is 0.472 e. The molecule has 48 nitrogen and oxygen atoms in total. The Bertz CT molecular complexity index is 4980. The third-order valence-electron chi connectivity index (χ3n) is 17.3. The Kier molecular flexibility index (Phi) is 18.8. The molecule has 102 heavy (non-hydrogen) atoms. The van der Waals surface area contributed by atoms with Crippen molar-refractivity contribution < 1.29 is 108 Å². The summed E-state index contributed by atoms with van der Waals surface area (Å²) in [6.45, 7) is -4.06. The third-order valence-corrected chi connectivity index (χ3v) is 21.3. The lowest BCUT2D eigenvalue weighted by Crippen LogP contribution is -2.32. The first-order valence-electron chi connectivity index (χ1n) is 30.7. The van der Waals surface area contributed by atoms with Gasteiger partial charge in [-0.1, -0.05) is 0 Å². The summed E-state index contributed by atoms with van der Waals surface area (Å²) in [5.74, 6) is 0.191. The molecule has 5 fully saturated rings. The van der Waals surface area contributed by atoms with Crippen molar-refractivity contribution in [2.24, 2.45) is 0 Å². The summed E-state index contributed by atoms with van der Waals surface area (Å²) in [4.78, 5) is 108. The average Bonchev–Trinajstić information content (AvgIpc) is 1.65. The molecular formula is C50H61N25O23P4. The van der Waals surface area contributed by atoms with E-state index in [1.165, 1.54) is 67.1 Å². The summed E-state index contributed by atoms with van der Waals surface area (Å²) < 4.78 is 139. The van der Waals surface area contributed by atoms with Gasteiger partial charge in [0.05, 0.1) is 70.8 Å². The summed E-state index contributed by atoms with van der Waals surface area (Å²) in [6, 6.07) is 0. The molecule has 10 aromatic rings. The Morgan fingerprint density at radius 2 is 0.578 bits per heavy atom. The molecule has 52 heteroatoms. The molecule has 16 N–H and O–H groups in total. The lowest BCUT2D eigenvalue weighted by Gasteiger charge is -2.25. The topological polar surface area (TPSA) is 658 Å². The van der Waals surface area contributed by atoms with E-state index in [2.05, 4.69) is 74.8 Å². The van der Waals surface area contributed by atoms with E-state index in [1.807, 2.05) is 0 Å². The maximum atomic E-state index is 14.4. The highest BCUT2D eigenvalue weighted by molar-refractivity contribution is 7.48. The van der Waals surface area contributed by atoms with Crippen LogP contribution in [0.4, 0.5) is 29.1 Å². The number of ether oxygens (including phenoxy) is 5. The minimum absolute atomic E-state index is 0.00468. The predicted octanol–water partition coefficient (Wildman–Crippen LogP) is -0.104. The summed E-state index contributed by atoms with van der Waals surface area (Å²) in [7, 11) is -21.2. The van der Waals surface area contributed by atoms with Crippen LogP contribution < -0.4 is 28.7 Å². The summed E-state index contributed by atoms with van der Waals surface area (Å²) >= 11 is 0. The van der Waals surface area contributed by atoms with E-state index >= 15 is 0 Å². The van der Waals surface area contributed by atoms with Gasteiger partial charge >= 0.3 is 31.3 Å². The molecular weight excluding hydrogens is 1440 g/mol. The number of nitrogens with two attached hydrogens (primary N) is 5. The van der Waals surface area contributed by atoms with Crippen molar-refractivity contribution in [3.63, 3.8) is 0 Å². The van der Waals surface area contributed by atoms with Crippen LogP contribution in [0.2, 0.25) is 0 Å². The van der Waals surface area contributed by atoms with E-state index in [4.69, 9.17) is 88.5 Å². The van der Waals surface area contributed by atoms with Gasteiger partial charge in [-0.2, -0.15) is 0 Å². The maximum Gasteiger partial charge on any atom is 0.472 e. The van der Waals surface area contributed by atoms with Crippen LogP contribution in [-0.2, 0) is 78.1 Å². The molecule has 0 aromatic carbocycles. The van der Waals surface area contributed by atoms with Crippen LogP contribution >= 0.6 is 31.3 Å². The number of aliphatic hydroxyl groups is 2. The molecule has 15 heterocycles. The molecule has 19 atom stereocenters. The summed E-state index contributed by atoms with van der Waals surface area (Å²) in [5.41, 5.74) is 32.2. The summed E-state index contributed by atoms with van der Waals surface area (Å²) in [5, 5.41) is 21.3. The van der Waals surface area contributed by atoms with Gasteiger partial charge in [0.25, 0.3) is 0 Å². The number of hydrogen-bond donors (Lipinski definition) is 11. The van der Waals surface area contributed by atoms with Crippen LogP contribution in [0.3, 0.4) is 0 Å². The highest BCUT2D eigenvalue weighted by Gasteiger charge is 2.50. The first kappa shape index (κ1) is 69.6. The maximum absolute atomic E-state index is 14.4. The van der Waals surface area contributed by atoms with Gasteiger partial charge in [0, 0.05) is 32.1 Å². The lowest BCUT2D eigenvalue weighted by molar-refractivity contribution is -0.0632. The van der Waals surface area contributed by atoms with Crippen LogP contribution in [0.15, 0.2) is 63.3 Å². The molecule has 0 spiro atoms. The van der Waals surface area contributed by atoms with E-state index in [1.54, 1.807) is 0 Å². The van der Waals surface area contributed by atoms with E-state index in [0.717, 1.165) is 19.0 Å². The number of phosphoric acid groups is 4. The zero-order chi connectivity index (χ0) is 71.1. The number of rotatable bonds is 26. The number of nitrogen functional groups attached to an aromatic ring is 5. The molecule has 0 aliphatic carbocycles. The Balaban J connectivity index is 0.636. The van der Waals surface area contributed by atoms with E-state index in [-0.39, 0.29) is 111 Å². The van der Waals surface area contributed by atoms with Gasteiger partial charge in [-0.3, -0.25) is 59.0 Å². The van der Waals surface area contributed by atoms with Crippen LogP contribution in [-0.4, -0.2) is 221 Å². The summed E-state index contributed by atoms with van der Waals surface area (Å²) in [6.07, 6.45) is -7.85. The van der Waals surface area contributed by atoms with Crippen LogP contribution in [0, 0.1) is 0 Å². The molecule has 0 saturated carbocycles. The lowest BCUT2D eigenvalue weighted by atomic mass is 10.2. The third kappa shape index (κ3) is 14.0. The number of nitrogens with zero attached hydrogens (tertiary/aromatic N) is 20. The Hall–Kier alpha value is -8.09. The normalized spacial score (nSPS) is 29.4. The van der Waals surface area contributed by atoms with Crippen LogP contribution in [0.25, 0.3) is 55.8 Å². The quantitative estimate of drug-likeness (QED) is 0.0315. The zero-order valence-electron chi connectivity index (χ0n) is 52.2. The van der Waals surface area contributed by atoms with Crippen LogP contribution in [0.1, 0.15) is 63.2 Å². The van der Waals surface area contributed by atoms with Gasteiger partial charge < -0.3 is 82.1 Å². The van der Waals surface area contributed by atoms with Gasteiger partial charge in [-0.15, -0.1) is 0 Å². The minimum Gasteiger partial charge on any atom is -0.394 e. The number of aliphatic hydroxyl groups excluding tert-OH is 2. The SMILES string of the molecule is Nc1ncnc2c1ncn2[C@H]1C[C@H](OP(=O)(O)OC[C@H]2O[C@@H](n3cnc4c(N)ncnc43)C[C@@H]2OP(=O)(O)OC[C@H]2O[C@@H](n3cnc4c(N)ncnc43)C[C@@H]2OP(=O)(O)OC[C@H]2O[C@@H](n3cnc4c(N)ncnc43)C[C@@H]2OP(=O)(O)OC[C@H]2O[C@@H](n3cnc4c(N)ncnc43)C[C@@H]2O)[C@@H](CO)O1. The molecule has 10 aromatic heterocycles. The van der Waals surface area contributed by atoms with Crippen molar-refractivity contribution in [2.75, 3.05) is 61.7 Å². The number of imidazole rings is 5. The van der Waals surface area contributed by atoms with Gasteiger partial charge in [-0.05, 0) is 0 Å². The standard InChI is InChI=1S/C50H61N25O23P4/c51-41-36-46(61-11-56-41)71(16-66-36)31-1-21(77)27(91-31)7-86-99(78,79)96-23-3-33(73-18-68-38-43(53)58-13-63-48(38)73)93-29(23)9-88-101(82,83)98-25-5-35(75-20-70-40-45(55)60-15-65-50(40)75)94-30(25)10-89-102(84,85)97-24-4-34(74-19-69-39-44(54)59-14-64-49(39)74)92-28(24)8-87-100(80,81)95-22-2-32(90-26(22)6-76)72-17-67-37-42(52)57-12-62-47(37)72/h11-35,76-77H,1-10H2,(H,78,79)(H,80,81)(H,82,83)(H,84,85)(H2,51,56,61)(H2,52,57,62)(H2,53,58,63)(H2,54,59,64)(H2,55,60,65)/t21-,22-,23-,24-,25-,26+,27+,28+,29+,30+,31+,32+,33+,34+,35+/m0/s1. The van der Waals surface area contributed by atoms with Gasteiger partial charge in [0.2, 0.25) is 0 Å². The molecule has 5 aliphatic rings. The van der Waals surface area contributed by atoms with Gasteiger partial charge in [0.1, 0.15) is 145 Å². The molecule has 0 amide bonds. The number of phosphoric ester groups is 4. The molecule has 0 radical (unpaired) electrons. The number of hydrogen-bond acceptors (Lipinski definition) is 39. The van der Waals surface area contributed by atoms with Crippen molar-refractivity contribution in [1.82, 2.24) is 97.6 Å². The fourth-order valence-electron chi connectivity index (χ4n) is 12.5. The second-order valence-electron chi connectivity index (χ2n) is 23.6. The minimum atomic E-state index is -5.41. The fourth-order valence-corrected chi connectivity index (χ4v) is 16.3. The zero-order valence-corrected chi connectivity index (χ0v) is 55.8. The first-order valence-corrected chi connectivity index (χ1v) is 36.7. The fraction of sp³-hybridized carbons (Fsp3) is 0.500. The van der Waals surface area contributed by atoms with E-state index in [0.29, 0.717) is 5.65 Å². The van der Waals surface area contributed by atoms with E-state index < -0.39 is 157 Å². The smallest absolute Gasteiger partial charge is 0.394 e. The van der Waals surface area contributed by atoms with E-state index in [9.17, 15) is 48.0 Å². The Morgan fingerprint density at radius 3 is 0.843 bits per heavy atom. The first-order chi connectivity index (χ1) is 48.8. The highest BCUT2D eigenvalue weighted by atomic mass is 31.2. The molecule has 4 unspecified atom stereocenters. The average molecular weight is 1500 g/mol. The number of fused-ring (bicyclic) bond motifs is 5.